The highest BCUT2D eigenvalue weighted by atomic mass is 15.2. The molecule has 25 aromatic rings. The monoisotopic (exact) mass is 1840 g/mol. The zero-order valence-electron chi connectivity index (χ0n) is 80.3. The molecule has 0 radical (unpaired) electrons. The van der Waals surface area contributed by atoms with Crippen LogP contribution in [-0.2, 0) is 0 Å². The van der Waals surface area contributed by atoms with E-state index in [2.05, 4.69) is 596 Å². The van der Waals surface area contributed by atoms with Crippen LogP contribution in [0, 0.1) is 0 Å². The van der Waals surface area contributed by atoms with Crippen molar-refractivity contribution >= 4 is 154 Å². The number of fused-ring (bicyclic) bond motifs is 8. The largest absolute Gasteiger partial charge is 0.311 e. The van der Waals surface area contributed by atoms with Gasteiger partial charge in [0.05, 0.1) is 5.69 Å². The van der Waals surface area contributed by atoms with Gasteiger partial charge in [-0.1, -0.05) is 401 Å². The van der Waals surface area contributed by atoms with Gasteiger partial charge in [0.25, 0.3) is 0 Å². The lowest BCUT2D eigenvalue weighted by molar-refractivity contribution is 0.443. The molecule has 0 atom stereocenters. The van der Waals surface area contributed by atoms with Crippen LogP contribution in [0.4, 0.5) is 68.2 Å². The first kappa shape index (κ1) is 89.7. The Balaban J connectivity index is 0.000000107. The summed E-state index contributed by atoms with van der Waals surface area (Å²) in [7, 11) is 0. The standard InChI is InChI=1S/C44H37N.3C32H23N/c1-3-9-32(10-4-1)34-21-25-43(26-22-34)45(42-13-5-2-6-14-42)44-27-23-35(24-28-44)37-17-18-40-31-41(20-19-39(40)30-37)38-16-15-33-11-7-8-12-36(33)29-38;1-3-15-29(16-4-1)33(30-17-5-2-6-18-30)32-23-27-14-10-9-13-26(27)22-31(32)28-20-19-24-11-7-8-12-25(24)21-28;1-3-11-30(12-4-1)33(31-13-5-2-6-14-31)32-20-19-25-16-18-28(22-29(25)23-32)27-17-15-24-9-7-8-10-26(24)21-27;1-3-11-30(12-4-1)33(31-13-5-2-6-14-31)32-20-19-28-22-27(17-18-29(28)23-32)26-16-15-24-9-7-8-10-25(24)21-26/h2,5-8,11-32H,1,3-4,9-10H2;3*1-23H. The summed E-state index contributed by atoms with van der Waals surface area (Å²) in [5.74, 6) is 0.712. The molecule has 4 heteroatoms. The Morgan fingerprint density at radius 1 is 0.125 bits per heavy atom. The van der Waals surface area contributed by atoms with Crippen molar-refractivity contribution < 1.29 is 0 Å². The molecule has 0 unspecified atom stereocenters. The lowest BCUT2D eigenvalue weighted by atomic mass is 9.84. The van der Waals surface area contributed by atoms with Crippen molar-refractivity contribution in [3.63, 3.8) is 0 Å². The summed E-state index contributed by atoms with van der Waals surface area (Å²) in [6, 6.07) is 207. The molecule has 0 N–H and O–H groups in total. The van der Waals surface area contributed by atoms with E-state index in [1.807, 2.05) is 0 Å². The van der Waals surface area contributed by atoms with Crippen LogP contribution in [0.2, 0.25) is 0 Å². The SMILES string of the molecule is c1ccc(N(c2ccc(-c3ccc4cc(-c5ccc6ccccc6c5)ccc4c3)cc2)c2ccc(C3CCCCC3)cc2)cc1.c1ccc(N(c2ccccc2)c2cc3ccccc3cc2-c2ccc3ccccc3c2)cc1.c1ccc(N(c2ccccc2)c2ccc3cc(-c4ccc5ccccc5c4)ccc3c2)cc1.c1ccc(N(c2ccccc2)c2ccc3ccc(-c4ccc5ccccc5c4)cc3c2)cc1. The van der Waals surface area contributed by atoms with Crippen LogP contribution in [0.1, 0.15) is 43.6 Å². The maximum Gasteiger partial charge on any atom is 0.0546 e. The third-order valence-electron chi connectivity index (χ3n) is 28.2. The maximum atomic E-state index is 2.36. The van der Waals surface area contributed by atoms with E-state index in [1.165, 1.54) is 197 Å². The van der Waals surface area contributed by atoms with Gasteiger partial charge in [-0.25, -0.2) is 0 Å². The second kappa shape index (κ2) is 41.8. The summed E-state index contributed by atoms with van der Waals surface area (Å²) >= 11 is 0. The first-order chi connectivity index (χ1) is 71.3. The number of nitrogens with zero attached hydrogens (tertiary/aromatic N) is 4. The fraction of sp³-hybridized carbons (Fsp3) is 0.0429. The topological polar surface area (TPSA) is 13.0 Å². The lowest BCUT2D eigenvalue weighted by Crippen LogP contribution is -2.11. The molecule has 1 aliphatic carbocycles. The Kier molecular flexibility index (Phi) is 26.1. The van der Waals surface area contributed by atoms with E-state index >= 15 is 0 Å². The van der Waals surface area contributed by atoms with E-state index in [0.29, 0.717) is 5.92 Å². The molecule has 0 aromatic heterocycles. The smallest absolute Gasteiger partial charge is 0.0546 e. The third kappa shape index (κ3) is 19.8. The van der Waals surface area contributed by atoms with E-state index < -0.39 is 0 Å². The van der Waals surface area contributed by atoms with Gasteiger partial charge in [0, 0.05) is 68.1 Å². The molecular weight excluding hydrogens is 1740 g/mol. The molecule has 26 rings (SSSR count). The number of para-hydroxylation sites is 7. The molecular formula is C140H106N4. The van der Waals surface area contributed by atoms with Gasteiger partial charge >= 0.3 is 0 Å². The van der Waals surface area contributed by atoms with Crippen molar-refractivity contribution in [2.45, 2.75) is 38.0 Å². The van der Waals surface area contributed by atoms with E-state index in [9.17, 15) is 0 Å². The zero-order chi connectivity index (χ0) is 96.1. The summed E-state index contributed by atoms with van der Waals surface area (Å²) in [6.45, 7) is 0. The van der Waals surface area contributed by atoms with Crippen LogP contribution in [0.25, 0.3) is 142 Å². The predicted octanol–water partition coefficient (Wildman–Crippen LogP) is 40.2. The summed E-state index contributed by atoms with van der Waals surface area (Å²) in [6.07, 6.45) is 6.75. The van der Waals surface area contributed by atoms with Gasteiger partial charge in [0.2, 0.25) is 0 Å². The zero-order valence-corrected chi connectivity index (χ0v) is 80.3. The minimum Gasteiger partial charge on any atom is -0.311 e. The van der Waals surface area contributed by atoms with E-state index in [-0.39, 0.29) is 0 Å². The Hall–Kier alpha value is -18.2. The summed E-state index contributed by atoms with van der Waals surface area (Å²) < 4.78 is 0. The second-order valence-corrected chi connectivity index (χ2v) is 37.4. The van der Waals surface area contributed by atoms with E-state index in [4.69, 9.17) is 0 Å². The molecule has 1 saturated carbocycles. The van der Waals surface area contributed by atoms with Crippen LogP contribution in [0.5, 0.6) is 0 Å². The Bertz CT molecular complexity index is 8660. The molecule has 686 valence electrons. The van der Waals surface area contributed by atoms with Crippen LogP contribution in [-0.4, -0.2) is 0 Å². The molecule has 1 fully saturated rings. The summed E-state index contributed by atoms with van der Waals surface area (Å²) in [4.78, 5) is 9.33. The van der Waals surface area contributed by atoms with Crippen molar-refractivity contribution in [1.82, 2.24) is 0 Å². The summed E-state index contributed by atoms with van der Waals surface area (Å²) in [5, 5.41) is 20.1. The fourth-order valence-electron chi connectivity index (χ4n) is 20.8. The fourth-order valence-corrected chi connectivity index (χ4v) is 20.8. The van der Waals surface area contributed by atoms with Crippen molar-refractivity contribution in [2.24, 2.45) is 0 Å². The molecule has 0 spiro atoms. The molecule has 0 aliphatic heterocycles. The van der Waals surface area contributed by atoms with Gasteiger partial charge in [0.15, 0.2) is 0 Å². The number of benzene rings is 25. The number of rotatable bonds is 18. The second-order valence-electron chi connectivity index (χ2n) is 37.4. The van der Waals surface area contributed by atoms with Crippen LogP contribution < -0.4 is 19.6 Å². The highest BCUT2D eigenvalue weighted by Crippen LogP contribution is 2.47. The molecule has 0 amide bonds. The van der Waals surface area contributed by atoms with Crippen LogP contribution >= 0.6 is 0 Å². The number of hydrogen-bond acceptors (Lipinski definition) is 4. The highest BCUT2D eigenvalue weighted by Gasteiger charge is 2.23. The van der Waals surface area contributed by atoms with Crippen LogP contribution in [0.15, 0.2) is 576 Å². The quantitative estimate of drug-likeness (QED) is 0.0849. The van der Waals surface area contributed by atoms with Crippen molar-refractivity contribution in [1.29, 1.82) is 0 Å². The predicted molar refractivity (Wildman–Crippen MR) is 618 cm³/mol. The number of anilines is 12. The molecule has 0 saturated heterocycles. The molecule has 4 nitrogen and oxygen atoms in total. The van der Waals surface area contributed by atoms with Crippen molar-refractivity contribution in [3.8, 4) is 55.6 Å². The molecule has 144 heavy (non-hydrogen) atoms. The Morgan fingerprint density at radius 3 is 0.674 bits per heavy atom. The van der Waals surface area contributed by atoms with Crippen molar-refractivity contribution in [3.05, 3.63) is 582 Å². The summed E-state index contributed by atoms with van der Waals surface area (Å²) in [5.41, 5.74) is 27.7. The highest BCUT2D eigenvalue weighted by molar-refractivity contribution is 6.03. The van der Waals surface area contributed by atoms with Gasteiger partial charge in [0.1, 0.15) is 0 Å². The van der Waals surface area contributed by atoms with E-state index in [1.54, 1.807) is 0 Å². The maximum absolute atomic E-state index is 2.36. The van der Waals surface area contributed by atoms with Gasteiger partial charge in [-0.05, 0) is 355 Å². The Morgan fingerprint density at radius 2 is 0.326 bits per heavy atom. The molecule has 1 aliphatic rings. The van der Waals surface area contributed by atoms with Crippen LogP contribution in [0.3, 0.4) is 0 Å². The first-order valence-electron chi connectivity index (χ1n) is 50.2. The Labute approximate surface area is 843 Å². The lowest BCUT2D eigenvalue weighted by Gasteiger charge is -2.28. The van der Waals surface area contributed by atoms with Gasteiger partial charge in [-0.3, -0.25) is 0 Å². The number of hydrogen-bond donors (Lipinski definition) is 0. The third-order valence-corrected chi connectivity index (χ3v) is 28.2. The normalized spacial score (nSPS) is 11.9. The average Bonchev–Trinajstić information content (AvgIpc) is 0.761. The van der Waals surface area contributed by atoms with E-state index in [0.717, 1.165) is 51.2 Å². The minimum absolute atomic E-state index is 0.712. The first-order valence-corrected chi connectivity index (χ1v) is 50.2. The van der Waals surface area contributed by atoms with Gasteiger partial charge < -0.3 is 19.6 Å². The van der Waals surface area contributed by atoms with Crippen molar-refractivity contribution in [2.75, 3.05) is 19.6 Å². The molecule has 0 bridgehead atoms. The van der Waals surface area contributed by atoms with Gasteiger partial charge in [-0.2, -0.15) is 0 Å². The molecule has 0 heterocycles. The van der Waals surface area contributed by atoms with Gasteiger partial charge in [-0.15, -0.1) is 0 Å². The molecule has 25 aromatic carbocycles. The minimum atomic E-state index is 0.712. The average molecular weight is 1840 g/mol.